The van der Waals surface area contributed by atoms with Crippen LogP contribution in [0.2, 0.25) is 0 Å². The Morgan fingerprint density at radius 2 is 2.00 bits per heavy atom. The van der Waals surface area contributed by atoms with Crippen LogP contribution in [-0.4, -0.2) is 34.3 Å². The summed E-state index contributed by atoms with van der Waals surface area (Å²) in [5, 5.41) is 3.56. The Morgan fingerprint density at radius 1 is 1.16 bits per heavy atom. The van der Waals surface area contributed by atoms with Crippen LogP contribution in [0.1, 0.15) is 32.1 Å². The Hall–Kier alpha value is -1.82. The second kappa shape index (κ2) is 5.59. The van der Waals surface area contributed by atoms with Crippen molar-refractivity contribution in [1.29, 1.82) is 0 Å². The van der Waals surface area contributed by atoms with E-state index in [9.17, 15) is 9.59 Å². The van der Waals surface area contributed by atoms with Gasteiger partial charge in [-0.25, -0.2) is 0 Å². The molecule has 1 N–H and O–H groups in total. The largest absolute Gasteiger partial charge is 0.311 e. The molecule has 2 amide bonds. The van der Waals surface area contributed by atoms with Crippen molar-refractivity contribution >= 4 is 34.4 Å². The molecule has 4 fully saturated rings. The van der Waals surface area contributed by atoms with Gasteiger partial charge in [-0.15, -0.1) is 0 Å². The molecular formula is C19H21N3O2S. The molecule has 2 heterocycles. The van der Waals surface area contributed by atoms with Gasteiger partial charge in [-0.1, -0.05) is 36.4 Å². The Labute approximate surface area is 151 Å². The number of amides is 2. The number of hydrogen-bond donors (Lipinski definition) is 1. The highest BCUT2D eigenvalue weighted by Crippen LogP contribution is 2.47. The highest BCUT2D eigenvalue weighted by Gasteiger charge is 2.58. The summed E-state index contributed by atoms with van der Waals surface area (Å²) in [5.74, 6) is 1.19. The first kappa shape index (κ1) is 15.4. The first-order valence-corrected chi connectivity index (χ1v) is 9.93. The van der Waals surface area contributed by atoms with E-state index in [1.165, 1.54) is 31.0 Å². The first-order valence-electron chi connectivity index (χ1n) is 9.11. The van der Waals surface area contributed by atoms with Crippen LogP contribution < -0.4 is 10.2 Å². The molecule has 4 aliphatic rings. The van der Waals surface area contributed by atoms with Gasteiger partial charge in [-0.2, -0.15) is 0 Å². The monoisotopic (exact) mass is 355 g/mol. The van der Waals surface area contributed by atoms with E-state index in [4.69, 9.17) is 4.99 Å². The van der Waals surface area contributed by atoms with Crippen molar-refractivity contribution in [1.82, 2.24) is 5.32 Å². The van der Waals surface area contributed by atoms with E-state index in [-0.39, 0.29) is 11.8 Å². The van der Waals surface area contributed by atoms with Gasteiger partial charge in [-0.3, -0.25) is 14.6 Å². The number of anilines is 1. The lowest BCUT2D eigenvalue weighted by atomic mass is 9.96. The molecule has 1 spiro atoms. The number of thioether (sulfide) groups is 1. The second-order valence-electron chi connectivity index (χ2n) is 7.60. The molecule has 2 bridgehead atoms. The van der Waals surface area contributed by atoms with E-state index in [1.54, 1.807) is 4.90 Å². The smallest absolute Gasteiger partial charge is 0.253 e. The minimum Gasteiger partial charge on any atom is -0.311 e. The summed E-state index contributed by atoms with van der Waals surface area (Å²) in [7, 11) is 0. The summed E-state index contributed by atoms with van der Waals surface area (Å²) in [6, 6.07) is 9.92. The first-order chi connectivity index (χ1) is 12.2. The molecule has 25 heavy (non-hydrogen) atoms. The number of carbonyl (C=O) groups is 2. The van der Waals surface area contributed by atoms with Gasteiger partial charge in [0.25, 0.3) is 11.8 Å². The molecule has 1 aromatic carbocycles. The molecule has 2 saturated heterocycles. The molecule has 0 aromatic heterocycles. The van der Waals surface area contributed by atoms with Crippen LogP contribution in [0.5, 0.6) is 0 Å². The SMILES string of the molecule is O=C1NC(=N[C@H]2C[C@@H]3CC[C@H]2C3)SC12CCN(c1ccccc1)C2=O. The van der Waals surface area contributed by atoms with Gasteiger partial charge < -0.3 is 10.2 Å². The normalized spacial score (nSPS) is 38.3. The summed E-state index contributed by atoms with van der Waals surface area (Å²) >= 11 is 1.35. The molecule has 130 valence electrons. The fourth-order valence-electron chi connectivity index (χ4n) is 4.87. The van der Waals surface area contributed by atoms with Crippen molar-refractivity contribution in [3.8, 4) is 0 Å². The average molecular weight is 355 g/mol. The van der Waals surface area contributed by atoms with E-state index in [1.807, 2.05) is 30.3 Å². The summed E-state index contributed by atoms with van der Waals surface area (Å²) in [6.45, 7) is 0.574. The third kappa shape index (κ3) is 2.34. The lowest BCUT2D eigenvalue weighted by molar-refractivity contribution is -0.128. The van der Waals surface area contributed by atoms with Gasteiger partial charge in [0, 0.05) is 12.2 Å². The summed E-state index contributed by atoms with van der Waals surface area (Å²) in [5.41, 5.74) is 0.858. The second-order valence-corrected chi connectivity index (χ2v) is 8.89. The van der Waals surface area contributed by atoms with Gasteiger partial charge >= 0.3 is 0 Å². The van der Waals surface area contributed by atoms with Gasteiger partial charge in [-0.05, 0) is 49.7 Å². The molecule has 2 saturated carbocycles. The van der Waals surface area contributed by atoms with Gasteiger partial charge in [0.1, 0.15) is 0 Å². The lowest BCUT2D eigenvalue weighted by Crippen LogP contribution is -2.44. The van der Waals surface area contributed by atoms with Crippen LogP contribution in [0.4, 0.5) is 5.69 Å². The van der Waals surface area contributed by atoms with Gasteiger partial charge in [0.15, 0.2) is 9.91 Å². The molecule has 6 heteroatoms. The third-order valence-electron chi connectivity index (χ3n) is 6.19. The van der Waals surface area contributed by atoms with Gasteiger partial charge in [0.05, 0.1) is 6.04 Å². The molecule has 1 unspecified atom stereocenters. The van der Waals surface area contributed by atoms with Crippen LogP contribution in [0.25, 0.3) is 0 Å². The summed E-state index contributed by atoms with van der Waals surface area (Å²) in [4.78, 5) is 32.3. The van der Waals surface area contributed by atoms with Crippen molar-refractivity contribution in [3.05, 3.63) is 30.3 Å². The van der Waals surface area contributed by atoms with E-state index >= 15 is 0 Å². The molecule has 4 atom stereocenters. The maximum Gasteiger partial charge on any atom is 0.253 e. The van der Waals surface area contributed by atoms with E-state index in [0.29, 0.717) is 30.1 Å². The zero-order chi connectivity index (χ0) is 17.0. The predicted molar refractivity (Wildman–Crippen MR) is 98.5 cm³/mol. The van der Waals surface area contributed by atoms with E-state index in [0.717, 1.165) is 18.0 Å². The van der Waals surface area contributed by atoms with Crippen molar-refractivity contribution in [2.45, 2.75) is 42.9 Å². The van der Waals surface area contributed by atoms with Crippen LogP contribution in [0.3, 0.4) is 0 Å². The number of benzene rings is 1. The fraction of sp³-hybridized carbons (Fsp3) is 0.526. The Bertz CT molecular complexity index is 765. The molecule has 2 aliphatic carbocycles. The maximum absolute atomic E-state index is 13.0. The fourth-order valence-corrected chi connectivity index (χ4v) is 6.07. The number of para-hydroxylation sites is 1. The van der Waals surface area contributed by atoms with Crippen LogP contribution >= 0.6 is 11.8 Å². The predicted octanol–water partition coefficient (Wildman–Crippen LogP) is 2.57. The molecule has 5 rings (SSSR count). The summed E-state index contributed by atoms with van der Waals surface area (Å²) < 4.78 is -1.02. The minimum atomic E-state index is -1.02. The van der Waals surface area contributed by atoms with E-state index in [2.05, 4.69) is 5.32 Å². The standard InChI is InChI=1S/C19H21N3O2S/c23-16-19(8-9-22(17(19)24)14-4-2-1-3-5-14)25-18(21-16)20-15-11-12-6-7-13(15)10-12/h1-5,12-13,15H,6-11H2,(H,20,21,23)/t12-,13+,15+,19?/m1/s1. The number of amidine groups is 1. The molecular weight excluding hydrogens is 334 g/mol. The Balaban J connectivity index is 1.38. The number of hydrogen-bond acceptors (Lipinski definition) is 4. The topological polar surface area (TPSA) is 61.8 Å². The number of carbonyl (C=O) groups excluding carboxylic acids is 2. The summed E-state index contributed by atoms with van der Waals surface area (Å²) in [6.07, 6.45) is 5.55. The van der Waals surface area contributed by atoms with Gasteiger partial charge in [0.2, 0.25) is 0 Å². The molecule has 2 aliphatic heterocycles. The number of fused-ring (bicyclic) bond motifs is 2. The highest BCUT2D eigenvalue weighted by molar-refractivity contribution is 8.17. The highest BCUT2D eigenvalue weighted by atomic mass is 32.2. The number of nitrogens with one attached hydrogen (secondary N) is 1. The number of aliphatic imine (C=N–C) groups is 1. The van der Waals surface area contributed by atoms with Crippen LogP contribution in [0.15, 0.2) is 35.3 Å². The lowest BCUT2D eigenvalue weighted by Gasteiger charge is -2.20. The quantitative estimate of drug-likeness (QED) is 0.830. The average Bonchev–Trinajstić information content (AvgIpc) is 3.36. The van der Waals surface area contributed by atoms with Crippen LogP contribution in [-0.2, 0) is 9.59 Å². The molecule has 5 nitrogen and oxygen atoms in total. The number of rotatable bonds is 2. The van der Waals surface area contributed by atoms with Crippen LogP contribution in [0, 0.1) is 11.8 Å². The molecule has 1 aromatic rings. The van der Waals surface area contributed by atoms with Crippen molar-refractivity contribution in [2.24, 2.45) is 16.8 Å². The Kier molecular flexibility index (Phi) is 3.45. The third-order valence-corrected chi connectivity index (χ3v) is 7.50. The molecule has 0 radical (unpaired) electrons. The van der Waals surface area contributed by atoms with E-state index < -0.39 is 4.75 Å². The minimum absolute atomic E-state index is 0.112. The van der Waals surface area contributed by atoms with Crippen molar-refractivity contribution in [2.75, 3.05) is 11.4 Å². The van der Waals surface area contributed by atoms with Crippen molar-refractivity contribution < 1.29 is 9.59 Å². The zero-order valence-corrected chi connectivity index (χ0v) is 14.8. The number of nitrogens with zero attached hydrogens (tertiary/aromatic N) is 2. The maximum atomic E-state index is 13.0. The Morgan fingerprint density at radius 3 is 2.72 bits per heavy atom. The van der Waals surface area contributed by atoms with Crippen molar-refractivity contribution in [3.63, 3.8) is 0 Å². The zero-order valence-electron chi connectivity index (χ0n) is 14.0.